The number of methoxy groups -OCH3 is 1. The molecule has 3 aliphatic rings. The van der Waals surface area contributed by atoms with Crippen LogP contribution in [0.3, 0.4) is 0 Å². The zero-order valence-corrected chi connectivity index (χ0v) is 36.1. The first-order valence-corrected chi connectivity index (χ1v) is 20.2. The number of fused-ring (bicyclic) bond motifs is 1. The summed E-state index contributed by atoms with van der Waals surface area (Å²) in [5.41, 5.74) is -7.82. The van der Waals surface area contributed by atoms with Crippen LogP contribution >= 0.6 is 0 Å². The van der Waals surface area contributed by atoms with Crippen LogP contribution in [0, 0.1) is 34.5 Å². The lowest BCUT2D eigenvalue weighted by atomic mass is 9.46. The molecule has 1 aromatic rings. The molecule has 0 amide bonds. The van der Waals surface area contributed by atoms with Crippen LogP contribution in [0.4, 0.5) is 0 Å². The van der Waals surface area contributed by atoms with Crippen molar-refractivity contribution in [3.63, 3.8) is 0 Å². The highest BCUT2D eigenvalue weighted by atomic mass is 16.6. The standard InChI is InChI=1S/C43H60O17/c1-12-22(3)35(49)39(51)59-37-36(56-21-44)34(24(5)43(52)31(58-26(7)46)16-28(42(37,43)10)27-14-15-54-19-27)41(9)29(17-32(47)53-11)40(8,20-55-38(50)23(4)13-2)60-33(48)18-30(41)57-25(6)45/h14-15,19,21-23,28-31,34-37,49,52H,5,12-13,16-18,20H2,1-4,6-11H3. The fourth-order valence-corrected chi connectivity index (χ4v) is 9.99. The van der Waals surface area contributed by atoms with Gasteiger partial charge >= 0.3 is 35.8 Å². The summed E-state index contributed by atoms with van der Waals surface area (Å²) in [4.78, 5) is 93.4. The average Bonchev–Trinajstić information content (AvgIpc) is 3.79. The highest BCUT2D eigenvalue weighted by molar-refractivity contribution is 5.76. The second-order valence-electron chi connectivity index (χ2n) is 17.1. The van der Waals surface area contributed by atoms with Crippen LogP contribution in [0.1, 0.15) is 106 Å². The number of cyclic esters (lactones) is 1. The van der Waals surface area contributed by atoms with Gasteiger partial charge in [-0.1, -0.05) is 54.5 Å². The molecule has 2 N–H and O–H groups in total. The van der Waals surface area contributed by atoms with Crippen LogP contribution in [-0.4, -0.2) is 108 Å². The van der Waals surface area contributed by atoms with Crippen molar-refractivity contribution in [2.75, 3.05) is 13.7 Å². The van der Waals surface area contributed by atoms with Gasteiger partial charge in [0, 0.05) is 37.0 Å². The average molecular weight is 849 g/mol. The molecule has 1 saturated heterocycles. The van der Waals surface area contributed by atoms with E-state index in [1.807, 2.05) is 0 Å². The second kappa shape index (κ2) is 18.5. The van der Waals surface area contributed by atoms with E-state index in [1.165, 1.54) is 26.4 Å². The minimum atomic E-state index is -2.42. The van der Waals surface area contributed by atoms with Gasteiger partial charge in [0.05, 0.1) is 43.8 Å². The number of hydrogen-bond donors (Lipinski definition) is 2. The summed E-state index contributed by atoms with van der Waals surface area (Å²) in [6, 6.07) is 1.61. The summed E-state index contributed by atoms with van der Waals surface area (Å²) in [7, 11) is 1.12. The van der Waals surface area contributed by atoms with Gasteiger partial charge in [-0.15, -0.1) is 0 Å². The molecule has 0 radical (unpaired) electrons. The molecule has 1 aromatic heterocycles. The molecular formula is C43H60O17. The monoisotopic (exact) mass is 848 g/mol. The van der Waals surface area contributed by atoms with Gasteiger partial charge in [0.2, 0.25) is 0 Å². The third kappa shape index (κ3) is 8.43. The van der Waals surface area contributed by atoms with Crippen LogP contribution in [0.5, 0.6) is 0 Å². The van der Waals surface area contributed by atoms with Crippen LogP contribution in [0.25, 0.3) is 0 Å². The Bertz CT molecular complexity index is 1790. The topological polar surface area (TPSA) is 238 Å². The molecule has 0 spiro atoms. The normalized spacial score (nSPS) is 35.3. The van der Waals surface area contributed by atoms with Crippen molar-refractivity contribution in [3.05, 3.63) is 36.3 Å². The molecule has 4 rings (SSSR count). The highest BCUT2D eigenvalue weighted by Crippen LogP contribution is 2.69. The molecule has 17 nitrogen and oxygen atoms in total. The molecule has 60 heavy (non-hydrogen) atoms. The second-order valence-corrected chi connectivity index (χ2v) is 17.1. The number of carbonyl (C=O) groups excluding carboxylic acids is 7. The van der Waals surface area contributed by atoms with Gasteiger partial charge in [0.25, 0.3) is 6.47 Å². The first kappa shape index (κ1) is 47.9. The van der Waals surface area contributed by atoms with Crippen molar-refractivity contribution >= 4 is 42.3 Å². The first-order chi connectivity index (χ1) is 28.0. The molecule has 2 aliphatic carbocycles. The Kier molecular flexibility index (Phi) is 14.7. The summed E-state index contributed by atoms with van der Waals surface area (Å²) in [6.45, 7) is 17.3. The minimum Gasteiger partial charge on any atom is -0.472 e. The van der Waals surface area contributed by atoms with Crippen molar-refractivity contribution in [3.8, 4) is 0 Å². The maximum atomic E-state index is 14.1. The number of hydrogen-bond acceptors (Lipinski definition) is 17. The summed E-state index contributed by atoms with van der Waals surface area (Å²) in [6.07, 6.45) is -6.00. The van der Waals surface area contributed by atoms with Crippen LogP contribution in [0.2, 0.25) is 0 Å². The number of aliphatic hydroxyl groups excluding tert-OH is 1. The van der Waals surface area contributed by atoms with E-state index in [4.69, 9.17) is 37.6 Å². The lowest BCUT2D eigenvalue weighted by molar-refractivity contribution is -0.251. The Hall–Kier alpha value is -4.77. The predicted octanol–water partition coefficient (Wildman–Crippen LogP) is 3.89. The maximum Gasteiger partial charge on any atom is 0.335 e. The van der Waals surface area contributed by atoms with Gasteiger partial charge in [-0.05, 0) is 42.9 Å². The van der Waals surface area contributed by atoms with E-state index in [-0.39, 0.29) is 18.5 Å². The van der Waals surface area contributed by atoms with Crippen molar-refractivity contribution in [1.29, 1.82) is 0 Å². The maximum absolute atomic E-state index is 14.1. The number of rotatable bonds is 16. The molecule has 2 heterocycles. The van der Waals surface area contributed by atoms with Crippen LogP contribution < -0.4 is 0 Å². The largest absolute Gasteiger partial charge is 0.472 e. The smallest absolute Gasteiger partial charge is 0.335 e. The number of aliphatic hydroxyl groups is 2. The quantitative estimate of drug-likeness (QED) is 0.104. The van der Waals surface area contributed by atoms with Crippen molar-refractivity contribution in [1.82, 2.24) is 0 Å². The van der Waals surface area contributed by atoms with Gasteiger partial charge in [-0.25, -0.2) is 4.79 Å². The van der Waals surface area contributed by atoms with E-state index in [2.05, 4.69) is 6.58 Å². The zero-order chi connectivity index (χ0) is 45.1. The minimum absolute atomic E-state index is 0.0843. The van der Waals surface area contributed by atoms with Gasteiger partial charge in [-0.2, -0.15) is 0 Å². The Balaban J connectivity index is 2.16. The molecule has 2 saturated carbocycles. The van der Waals surface area contributed by atoms with Gasteiger partial charge in [0.15, 0.2) is 6.10 Å². The van der Waals surface area contributed by atoms with E-state index in [0.29, 0.717) is 18.4 Å². The molecule has 0 bridgehead atoms. The lowest BCUT2D eigenvalue weighted by Crippen LogP contribution is -2.72. The van der Waals surface area contributed by atoms with Crippen molar-refractivity contribution in [2.24, 2.45) is 34.5 Å². The van der Waals surface area contributed by atoms with Crippen LogP contribution in [-0.2, 0) is 66.7 Å². The SMILES string of the molecule is C=C1C(C2(C)C(OC(C)=O)CC(=O)OC(C)(COC(=O)C(C)CC)C2CC(=O)OC)C(OC=O)C(OC(=O)C(O)C(C)CC)C2(C)C(c3ccoc3)CC(OC(C)=O)C12O. The van der Waals surface area contributed by atoms with Gasteiger partial charge in [0.1, 0.15) is 42.2 Å². The molecule has 14 atom stereocenters. The number of carbonyl (C=O) groups is 7. The van der Waals surface area contributed by atoms with Gasteiger partial charge in [-0.3, -0.25) is 28.8 Å². The van der Waals surface area contributed by atoms with Crippen molar-refractivity contribution in [2.45, 2.75) is 142 Å². The molecule has 17 heteroatoms. The molecule has 0 aromatic carbocycles. The molecule has 334 valence electrons. The van der Waals surface area contributed by atoms with Gasteiger partial charge < -0.3 is 47.8 Å². The lowest BCUT2D eigenvalue weighted by Gasteiger charge is -2.62. The number of ether oxygens (including phenoxy) is 7. The molecule has 1 aliphatic heterocycles. The Morgan fingerprint density at radius 2 is 1.63 bits per heavy atom. The molecular weight excluding hydrogens is 788 g/mol. The summed E-state index contributed by atoms with van der Waals surface area (Å²) < 4.78 is 46.4. The fraction of sp³-hybridized carbons (Fsp3) is 0.698. The summed E-state index contributed by atoms with van der Waals surface area (Å²) in [5.74, 6) is -10.3. The highest BCUT2D eigenvalue weighted by Gasteiger charge is 2.78. The van der Waals surface area contributed by atoms with Crippen molar-refractivity contribution < 1.29 is 81.4 Å². The van der Waals surface area contributed by atoms with E-state index >= 15 is 0 Å². The van der Waals surface area contributed by atoms with E-state index in [0.717, 1.165) is 21.0 Å². The van der Waals surface area contributed by atoms with Crippen LogP contribution in [0.15, 0.2) is 35.2 Å². The number of esters is 6. The third-order valence-corrected chi connectivity index (χ3v) is 13.7. The number of furan rings is 1. The fourth-order valence-electron chi connectivity index (χ4n) is 9.99. The van der Waals surface area contributed by atoms with E-state index < -0.39 is 137 Å². The summed E-state index contributed by atoms with van der Waals surface area (Å²) >= 11 is 0. The Morgan fingerprint density at radius 1 is 1.00 bits per heavy atom. The van der Waals surface area contributed by atoms with E-state index in [1.54, 1.807) is 40.7 Å². The molecule has 14 unspecified atom stereocenters. The van der Waals surface area contributed by atoms with E-state index in [9.17, 15) is 43.8 Å². The Labute approximate surface area is 349 Å². The zero-order valence-electron chi connectivity index (χ0n) is 36.1. The first-order valence-electron chi connectivity index (χ1n) is 20.2. The summed E-state index contributed by atoms with van der Waals surface area (Å²) in [5, 5.41) is 24.8. The predicted molar refractivity (Wildman–Crippen MR) is 207 cm³/mol. The molecule has 3 fully saturated rings. The third-order valence-electron chi connectivity index (χ3n) is 13.7. The Morgan fingerprint density at radius 3 is 2.17 bits per heavy atom.